The molecule has 3 rings (SSSR count). The molecule has 1 aromatic carbocycles. The lowest BCUT2D eigenvalue weighted by Gasteiger charge is -2.11. The first-order valence-corrected chi connectivity index (χ1v) is 6.91. The second-order valence-corrected chi connectivity index (χ2v) is 5.10. The van der Waals surface area contributed by atoms with Crippen molar-refractivity contribution in [2.24, 2.45) is 0 Å². The standard InChI is InChI=1S/C14H15ClN4O/c1-2-19-4-3-16-13(19)8-17-12-5-9-6-14(20)18-11(9)7-10(12)15/h3-5,7,17H,2,6,8H2,1H3,(H,18,20). The lowest BCUT2D eigenvalue weighted by Crippen LogP contribution is -2.08. The van der Waals surface area contributed by atoms with Crippen LogP contribution in [0.5, 0.6) is 0 Å². The van der Waals surface area contributed by atoms with Gasteiger partial charge in [-0.05, 0) is 24.6 Å². The Kier molecular flexibility index (Phi) is 3.36. The molecule has 104 valence electrons. The number of carbonyl (C=O) groups is 1. The lowest BCUT2D eigenvalue weighted by molar-refractivity contribution is -0.115. The van der Waals surface area contributed by atoms with Crippen LogP contribution < -0.4 is 10.6 Å². The van der Waals surface area contributed by atoms with Crippen molar-refractivity contribution in [3.8, 4) is 0 Å². The third-order valence-corrected chi connectivity index (χ3v) is 3.71. The molecule has 0 aliphatic carbocycles. The van der Waals surface area contributed by atoms with Crippen molar-refractivity contribution in [2.45, 2.75) is 26.4 Å². The number of halogens is 1. The van der Waals surface area contributed by atoms with Gasteiger partial charge in [0, 0.05) is 24.6 Å². The summed E-state index contributed by atoms with van der Waals surface area (Å²) in [5, 5.41) is 6.66. The average molecular weight is 291 g/mol. The number of hydrogen-bond acceptors (Lipinski definition) is 3. The minimum Gasteiger partial charge on any atom is -0.377 e. The molecule has 6 heteroatoms. The molecule has 1 amide bonds. The van der Waals surface area contributed by atoms with E-state index in [-0.39, 0.29) is 5.91 Å². The zero-order chi connectivity index (χ0) is 14.1. The van der Waals surface area contributed by atoms with Crippen molar-refractivity contribution in [1.29, 1.82) is 0 Å². The molecule has 20 heavy (non-hydrogen) atoms. The van der Waals surface area contributed by atoms with Crippen LogP contribution in [-0.2, 0) is 24.3 Å². The topological polar surface area (TPSA) is 59.0 Å². The van der Waals surface area contributed by atoms with Crippen LogP contribution in [0, 0.1) is 0 Å². The number of fused-ring (bicyclic) bond motifs is 1. The summed E-state index contributed by atoms with van der Waals surface area (Å²) in [6.45, 7) is 3.55. The van der Waals surface area contributed by atoms with Gasteiger partial charge in [-0.2, -0.15) is 0 Å². The first-order chi connectivity index (χ1) is 9.67. The molecule has 0 unspecified atom stereocenters. The highest BCUT2D eigenvalue weighted by atomic mass is 35.5. The van der Waals surface area contributed by atoms with Gasteiger partial charge in [0.15, 0.2) is 0 Å². The van der Waals surface area contributed by atoms with Gasteiger partial charge >= 0.3 is 0 Å². The molecule has 0 fully saturated rings. The number of aryl methyl sites for hydroxylation is 1. The lowest BCUT2D eigenvalue weighted by atomic mass is 10.1. The summed E-state index contributed by atoms with van der Waals surface area (Å²) in [5.74, 6) is 0.966. The summed E-state index contributed by atoms with van der Waals surface area (Å²) < 4.78 is 2.07. The first kappa shape index (κ1) is 13.0. The van der Waals surface area contributed by atoms with Crippen LogP contribution >= 0.6 is 11.6 Å². The van der Waals surface area contributed by atoms with Crippen LogP contribution in [-0.4, -0.2) is 15.5 Å². The number of aromatic nitrogens is 2. The van der Waals surface area contributed by atoms with E-state index in [0.29, 0.717) is 18.0 Å². The van der Waals surface area contributed by atoms with Crippen molar-refractivity contribution in [1.82, 2.24) is 9.55 Å². The summed E-state index contributed by atoms with van der Waals surface area (Å²) in [5.41, 5.74) is 2.61. The first-order valence-electron chi connectivity index (χ1n) is 6.53. The van der Waals surface area contributed by atoms with E-state index in [4.69, 9.17) is 11.6 Å². The second kappa shape index (κ2) is 5.17. The minimum absolute atomic E-state index is 0.00902. The number of nitrogens with zero attached hydrogens (tertiary/aromatic N) is 2. The molecule has 1 aliphatic rings. The molecule has 2 heterocycles. The summed E-state index contributed by atoms with van der Waals surface area (Å²) >= 11 is 6.23. The van der Waals surface area contributed by atoms with E-state index in [1.54, 1.807) is 12.3 Å². The smallest absolute Gasteiger partial charge is 0.228 e. The van der Waals surface area contributed by atoms with E-state index in [0.717, 1.165) is 29.3 Å². The van der Waals surface area contributed by atoms with E-state index in [1.165, 1.54) is 0 Å². The van der Waals surface area contributed by atoms with Crippen LogP contribution in [0.1, 0.15) is 18.3 Å². The maximum Gasteiger partial charge on any atom is 0.228 e. The van der Waals surface area contributed by atoms with Crippen molar-refractivity contribution in [3.05, 3.63) is 40.9 Å². The molecule has 2 aromatic rings. The largest absolute Gasteiger partial charge is 0.377 e. The summed E-state index contributed by atoms with van der Waals surface area (Å²) in [6, 6.07) is 3.71. The SMILES string of the molecule is CCn1ccnc1CNc1cc2c(cc1Cl)NC(=O)C2. The molecule has 0 atom stereocenters. The molecule has 0 bridgehead atoms. The van der Waals surface area contributed by atoms with E-state index < -0.39 is 0 Å². The van der Waals surface area contributed by atoms with Gasteiger partial charge in [0.1, 0.15) is 5.82 Å². The van der Waals surface area contributed by atoms with Gasteiger partial charge in [-0.1, -0.05) is 11.6 Å². The van der Waals surface area contributed by atoms with Gasteiger partial charge in [0.25, 0.3) is 0 Å². The Morgan fingerprint density at radius 2 is 2.35 bits per heavy atom. The van der Waals surface area contributed by atoms with Crippen LogP contribution in [0.15, 0.2) is 24.5 Å². The van der Waals surface area contributed by atoms with Crippen molar-refractivity contribution < 1.29 is 4.79 Å². The minimum atomic E-state index is 0.00902. The Labute approximate surface area is 122 Å². The number of imidazole rings is 1. The van der Waals surface area contributed by atoms with Crippen LogP contribution in [0.3, 0.4) is 0 Å². The molecule has 0 saturated heterocycles. The predicted octanol–water partition coefficient (Wildman–Crippen LogP) is 2.66. The molecular weight excluding hydrogens is 276 g/mol. The Balaban J connectivity index is 1.78. The number of nitrogens with one attached hydrogen (secondary N) is 2. The van der Waals surface area contributed by atoms with Gasteiger partial charge in [-0.25, -0.2) is 4.98 Å². The highest BCUT2D eigenvalue weighted by Crippen LogP contribution is 2.32. The quantitative estimate of drug-likeness (QED) is 0.910. The Bertz CT molecular complexity index is 665. The summed E-state index contributed by atoms with van der Waals surface area (Å²) in [4.78, 5) is 15.7. The van der Waals surface area contributed by atoms with Crippen LogP contribution in [0.4, 0.5) is 11.4 Å². The van der Waals surface area contributed by atoms with Gasteiger partial charge in [-0.3, -0.25) is 4.79 Å². The molecule has 0 spiro atoms. The monoisotopic (exact) mass is 290 g/mol. The third kappa shape index (κ3) is 2.36. The van der Waals surface area contributed by atoms with Gasteiger partial charge in [-0.15, -0.1) is 0 Å². The van der Waals surface area contributed by atoms with Crippen molar-refractivity contribution in [2.75, 3.05) is 10.6 Å². The molecule has 5 nitrogen and oxygen atoms in total. The van der Waals surface area contributed by atoms with E-state index in [2.05, 4.69) is 27.1 Å². The molecular formula is C14H15ClN4O. The normalized spacial score (nSPS) is 13.2. The molecule has 2 N–H and O–H groups in total. The van der Waals surface area contributed by atoms with Gasteiger partial charge in [0.2, 0.25) is 5.91 Å². The zero-order valence-electron chi connectivity index (χ0n) is 11.1. The number of rotatable bonds is 4. The average Bonchev–Trinajstić information content (AvgIpc) is 3.00. The number of amides is 1. The summed E-state index contributed by atoms with van der Waals surface area (Å²) in [6.07, 6.45) is 4.14. The number of benzene rings is 1. The fourth-order valence-electron chi connectivity index (χ4n) is 2.35. The van der Waals surface area contributed by atoms with Crippen LogP contribution in [0.2, 0.25) is 5.02 Å². The fourth-order valence-corrected chi connectivity index (χ4v) is 2.58. The van der Waals surface area contributed by atoms with E-state index in [9.17, 15) is 4.79 Å². The van der Waals surface area contributed by atoms with Gasteiger partial charge in [0.05, 0.1) is 23.7 Å². The maximum absolute atomic E-state index is 11.4. The third-order valence-electron chi connectivity index (χ3n) is 3.40. The molecule has 1 aromatic heterocycles. The number of hydrogen-bond donors (Lipinski definition) is 2. The fraction of sp³-hybridized carbons (Fsp3) is 0.286. The van der Waals surface area contributed by atoms with Crippen molar-refractivity contribution in [3.63, 3.8) is 0 Å². The van der Waals surface area contributed by atoms with Crippen LogP contribution in [0.25, 0.3) is 0 Å². The van der Waals surface area contributed by atoms with Gasteiger partial charge < -0.3 is 15.2 Å². The van der Waals surface area contributed by atoms with E-state index >= 15 is 0 Å². The highest BCUT2D eigenvalue weighted by molar-refractivity contribution is 6.33. The highest BCUT2D eigenvalue weighted by Gasteiger charge is 2.19. The molecule has 0 saturated carbocycles. The predicted molar refractivity (Wildman–Crippen MR) is 79.0 cm³/mol. The number of anilines is 2. The maximum atomic E-state index is 11.4. The Hall–Kier alpha value is -2.01. The van der Waals surface area contributed by atoms with Crippen molar-refractivity contribution >= 4 is 28.9 Å². The molecule has 1 aliphatic heterocycles. The Morgan fingerprint density at radius 3 is 3.15 bits per heavy atom. The molecule has 0 radical (unpaired) electrons. The second-order valence-electron chi connectivity index (χ2n) is 4.70. The Morgan fingerprint density at radius 1 is 1.50 bits per heavy atom. The number of carbonyl (C=O) groups excluding carboxylic acids is 1. The van der Waals surface area contributed by atoms with E-state index in [1.807, 2.05) is 12.3 Å². The summed E-state index contributed by atoms with van der Waals surface area (Å²) in [7, 11) is 0. The zero-order valence-corrected chi connectivity index (χ0v) is 11.9.